The molecule has 1 atom stereocenters. The van der Waals surface area contributed by atoms with Gasteiger partial charge in [0, 0.05) is 42.1 Å². The van der Waals surface area contributed by atoms with Gasteiger partial charge in [-0.1, -0.05) is 18.2 Å². The van der Waals surface area contributed by atoms with E-state index in [-0.39, 0.29) is 23.6 Å². The second-order valence-corrected chi connectivity index (χ2v) is 7.80. The number of Topliss-reactive ketones (excluding diaryl/α,β-unsaturated/α-hetero) is 1. The van der Waals surface area contributed by atoms with Crippen LogP contribution in [0, 0.1) is 13.8 Å². The minimum atomic E-state index is -0.383. The summed E-state index contributed by atoms with van der Waals surface area (Å²) in [5.74, 6) is -0.558. The Balaban J connectivity index is 1.91. The maximum absolute atomic E-state index is 12.5. The molecule has 0 saturated heterocycles. The van der Waals surface area contributed by atoms with Gasteiger partial charge in [0.05, 0.1) is 0 Å². The number of methoxy groups -OCH3 is 1. The first-order valence-corrected chi connectivity index (χ1v) is 9.89. The summed E-state index contributed by atoms with van der Waals surface area (Å²) in [6, 6.07) is 11.5. The summed E-state index contributed by atoms with van der Waals surface area (Å²) in [5.41, 5.74) is 2.53. The highest BCUT2D eigenvalue weighted by atomic mass is 32.2. The fourth-order valence-corrected chi connectivity index (χ4v) is 3.76. The zero-order chi connectivity index (χ0) is 19.8. The van der Waals surface area contributed by atoms with Crippen molar-refractivity contribution in [2.24, 2.45) is 0 Å². The van der Waals surface area contributed by atoms with Crippen LogP contribution >= 0.6 is 11.8 Å². The molecule has 0 N–H and O–H groups in total. The number of ketones is 1. The first-order valence-electron chi connectivity index (χ1n) is 9.01. The van der Waals surface area contributed by atoms with Crippen molar-refractivity contribution in [3.8, 4) is 0 Å². The van der Waals surface area contributed by atoms with Crippen molar-refractivity contribution in [3.05, 3.63) is 53.3 Å². The lowest BCUT2D eigenvalue weighted by Gasteiger charge is -2.11. The first kappa shape index (κ1) is 21.3. The van der Waals surface area contributed by atoms with Gasteiger partial charge in [0.1, 0.15) is 5.25 Å². The van der Waals surface area contributed by atoms with E-state index in [0.29, 0.717) is 12.2 Å². The Kier molecular flexibility index (Phi) is 8.13. The van der Waals surface area contributed by atoms with Crippen LogP contribution in [-0.2, 0) is 20.8 Å². The summed E-state index contributed by atoms with van der Waals surface area (Å²) in [7, 11) is 1.68. The molecular formula is C21H27NO4S. The number of ether oxygens (including phenoxy) is 2. The van der Waals surface area contributed by atoms with E-state index in [4.69, 9.17) is 9.47 Å². The van der Waals surface area contributed by atoms with Gasteiger partial charge >= 0.3 is 5.97 Å². The molecule has 2 rings (SSSR count). The van der Waals surface area contributed by atoms with Crippen molar-refractivity contribution in [3.63, 3.8) is 0 Å². The molecule has 1 aromatic carbocycles. The smallest absolute Gasteiger partial charge is 0.319 e. The number of hydrogen-bond acceptors (Lipinski definition) is 5. The van der Waals surface area contributed by atoms with Crippen LogP contribution < -0.4 is 0 Å². The van der Waals surface area contributed by atoms with Crippen molar-refractivity contribution in [2.45, 2.75) is 43.9 Å². The zero-order valence-electron chi connectivity index (χ0n) is 16.4. The average molecular weight is 390 g/mol. The number of carbonyl (C=O) groups is 2. The molecule has 1 aromatic heterocycles. The number of carbonyl (C=O) groups excluding carboxylic acids is 2. The van der Waals surface area contributed by atoms with Crippen molar-refractivity contribution in [1.29, 1.82) is 0 Å². The molecule has 2 aromatic rings. The Morgan fingerprint density at radius 2 is 1.89 bits per heavy atom. The van der Waals surface area contributed by atoms with Gasteiger partial charge in [0.2, 0.25) is 5.78 Å². The number of nitrogens with zero attached hydrogens (tertiary/aromatic N) is 1. The molecule has 0 aliphatic carbocycles. The number of aromatic nitrogens is 1. The van der Waals surface area contributed by atoms with E-state index in [1.54, 1.807) is 14.0 Å². The number of aryl methyl sites for hydroxylation is 1. The van der Waals surface area contributed by atoms with Gasteiger partial charge in [-0.15, -0.1) is 11.8 Å². The number of hydrogen-bond donors (Lipinski definition) is 0. The van der Waals surface area contributed by atoms with E-state index in [9.17, 15) is 9.59 Å². The van der Waals surface area contributed by atoms with E-state index in [0.717, 1.165) is 29.2 Å². The van der Waals surface area contributed by atoms with Crippen LogP contribution in [0.25, 0.3) is 0 Å². The molecular weight excluding hydrogens is 362 g/mol. The van der Waals surface area contributed by atoms with Crippen LogP contribution in [0.3, 0.4) is 0 Å². The lowest BCUT2D eigenvalue weighted by atomic mass is 10.1. The molecule has 1 unspecified atom stereocenters. The Morgan fingerprint density at radius 3 is 2.56 bits per heavy atom. The van der Waals surface area contributed by atoms with Crippen molar-refractivity contribution >= 4 is 23.5 Å². The molecule has 0 spiro atoms. The summed E-state index contributed by atoms with van der Waals surface area (Å²) in [6.07, 6.45) is 0.879. The minimum absolute atomic E-state index is 0.175. The molecule has 0 aliphatic heterocycles. The lowest BCUT2D eigenvalue weighted by molar-refractivity contribution is -0.141. The molecule has 146 valence electrons. The van der Waals surface area contributed by atoms with Gasteiger partial charge in [0.15, 0.2) is 6.61 Å². The molecule has 1 heterocycles. The van der Waals surface area contributed by atoms with Crippen LogP contribution in [-0.4, -0.2) is 41.9 Å². The quantitative estimate of drug-likeness (QED) is 0.266. The summed E-state index contributed by atoms with van der Waals surface area (Å²) in [4.78, 5) is 25.7. The zero-order valence-corrected chi connectivity index (χ0v) is 17.2. The van der Waals surface area contributed by atoms with Crippen LogP contribution in [0.1, 0.15) is 35.1 Å². The molecule has 0 radical (unpaired) electrons. The maximum Gasteiger partial charge on any atom is 0.319 e. The summed E-state index contributed by atoms with van der Waals surface area (Å²) < 4.78 is 12.4. The Hall–Kier alpha value is -2.05. The van der Waals surface area contributed by atoms with E-state index >= 15 is 0 Å². The fourth-order valence-electron chi connectivity index (χ4n) is 2.88. The molecule has 0 fully saturated rings. The van der Waals surface area contributed by atoms with Crippen LogP contribution in [0.4, 0.5) is 0 Å². The van der Waals surface area contributed by atoms with E-state index < -0.39 is 0 Å². The van der Waals surface area contributed by atoms with Crippen molar-refractivity contribution < 1.29 is 19.1 Å². The molecule has 0 amide bonds. The fraction of sp³-hybridized carbons (Fsp3) is 0.429. The monoisotopic (exact) mass is 389 g/mol. The minimum Gasteiger partial charge on any atom is -0.456 e. The van der Waals surface area contributed by atoms with Gasteiger partial charge in [-0.3, -0.25) is 9.59 Å². The van der Waals surface area contributed by atoms with E-state index in [1.807, 2.05) is 50.2 Å². The van der Waals surface area contributed by atoms with Gasteiger partial charge in [-0.2, -0.15) is 0 Å². The third kappa shape index (κ3) is 5.97. The molecule has 0 aliphatic rings. The third-order valence-corrected chi connectivity index (χ3v) is 5.43. The number of thioether (sulfide) groups is 1. The predicted octanol–water partition coefficient (Wildman–Crippen LogP) is 4.05. The Morgan fingerprint density at radius 1 is 1.19 bits per heavy atom. The summed E-state index contributed by atoms with van der Waals surface area (Å²) in [6.45, 7) is 6.91. The number of benzene rings is 1. The van der Waals surface area contributed by atoms with Crippen molar-refractivity contribution in [1.82, 2.24) is 4.57 Å². The normalized spacial score (nSPS) is 12.0. The molecule has 6 heteroatoms. The van der Waals surface area contributed by atoms with Crippen LogP contribution in [0.5, 0.6) is 0 Å². The van der Waals surface area contributed by atoms with Crippen LogP contribution in [0.15, 0.2) is 41.3 Å². The van der Waals surface area contributed by atoms with Gasteiger partial charge in [-0.25, -0.2) is 0 Å². The summed E-state index contributed by atoms with van der Waals surface area (Å²) in [5, 5.41) is -0.373. The second-order valence-electron chi connectivity index (χ2n) is 6.39. The highest BCUT2D eigenvalue weighted by Crippen LogP contribution is 2.23. The average Bonchev–Trinajstić information content (AvgIpc) is 2.95. The molecule has 27 heavy (non-hydrogen) atoms. The third-order valence-electron chi connectivity index (χ3n) is 4.34. The Labute approximate surface area is 165 Å². The maximum atomic E-state index is 12.5. The van der Waals surface area contributed by atoms with E-state index in [2.05, 4.69) is 4.57 Å². The summed E-state index contributed by atoms with van der Waals surface area (Å²) >= 11 is 1.42. The second kappa shape index (κ2) is 10.3. The number of rotatable bonds is 10. The van der Waals surface area contributed by atoms with Gasteiger partial charge in [0.25, 0.3) is 0 Å². The topological polar surface area (TPSA) is 57.5 Å². The standard InChI is InChI=1S/C21H27NO4S/c1-15-13-19(16(2)22(15)11-8-12-25-4)20(23)14-26-21(24)17(3)27-18-9-6-5-7-10-18/h5-7,9-10,13,17H,8,11-12,14H2,1-4H3. The Bertz CT molecular complexity index is 770. The van der Waals surface area contributed by atoms with E-state index in [1.165, 1.54) is 11.8 Å². The predicted molar refractivity (Wildman–Crippen MR) is 107 cm³/mol. The largest absolute Gasteiger partial charge is 0.456 e. The highest BCUT2D eigenvalue weighted by molar-refractivity contribution is 8.00. The lowest BCUT2D eigenvalue weighted by Crippen LogP contribution is -2.21. The van der Waals surface area contributed by atoms with Crippen LogP contribution in [0.2, 0.25) is 0 Å². The number of esters is 1. The molecule has 5 nitrogen and oxygen atoms in total. The van der Waals surface area contributed by atoms with Gasteiger partial charge in [-0.05, 0) is 45.4 Å². The van der Waals surface area contributed by atoms with Crippen molar-refractivity contribution in [2.75, 3.05) is 20.3 Å². The van der Waals surface area contributed by atoms with Gasteiger partial charge < -0.3 is 14.0 Å². The molecule has 0 saturated carbocycles. The highest BCUT2D eigenvalue weighted by Gasteiger charge is 2.20. The molecule has 0 bridgehead atoms. The first-order chi connectivity index (χ1) is 12.9. The SMILES string of the molecule is COCCCn1c(C)cc(C(=O)COC(=O)C(C)Sc2ccccc2)c1C.